The number of ether oxygens (including phenoxy) is 1. The summed E-state index contributed by atoms with van der Waals surface area (Å²) in [7, 11) is 3.03. The van der Waals surface area contributed by atoms with Gasteiger partial charge in [0.25, 0.3) is 5.91 Å². The zero-order chi connectivity index (χ0) is 23.9. The van der Waals surface area contributed by atoms with Crippen LogP contribution in [0.3, 0.4) is 0 Å². The molecule has 10 heteroatoms. The van der Waals surface area contributed by atoms with Crippen LogP contribution >= 0.6 is 0 Å². The van der Waals surface area contributed by atoms with Crippen LogP contribution in [0.5, 0.6) is 5.75 Å². The molecule has 1 N–H and O–H groups in total. The molecule has 0 spiro atoms. The number of rotatable bonds is 6. The number of β-amino-alcohol motifs (C(OH)–C–C–N with tert-alkyl or cyclic N) is 1. The zero-order valence-corrected chi connectivity index (χ0v) is 19.5. The predicted molar refractivity (Wildman–Crippen MR) is 122 cm³/mol. The van der Waals surface area contributed by atoms with Gasteiger partial charge in [0.15, 0.2) is 0 Å². The van der Waals surface area contributed by atoms with E-state index in [1.807, 2.05) is 44.2 Å². The molecule has 0 bridgehead atoms. The molecule has 1 saturated heterocycles. The molecule has 0 aliphatic carbocycles. The Morgan fingerprint density at radius 2 is 1.94 bits per heavy atom. The molecule has 33 heavy (non-hydrogen) atoms. The highest BCUT2D eigenvalue weighted by molar-refractivity contribution is 6.22. The summed E-state index contributed by atoms with van der Waals surface area (Å²) >= 11 is 0. The Morgan fingerprint density at radius 1 is 1.18 bits per heavy atom. The van der Waals surface area contributed by atoms with Gasteiger partial charge in [-0.2, -0.15) is 0 Å². The number of amidine groups is 1. The van der Waals surface area contributed by atoms with E-state index < -0.39 is 24.1 Å². The average Bonchev–Trinajstić information content (AvgIpc) is 3.33. The van der Waals surface area contributed by atoms with Crippen molar-refractivity contribution in [2.45, 2.75) is 39.3 Å². The first-order valence-electron chi connectivity index (χ1n) is 10.9. The van der Waals surface area contributed by atoms with E-state index in [1.165, 1.54) is 11.9 Å². The van der Waals surface area contributed by atoms with Crippen LogP contribution in [-0.4, -0.2) is 92.4 Å². The van der Waals surface area contributed by atoms with Crippen LogP contribution in [0.1, 0.15) is 23.9 Å². The molecule has 4 rings (SSSR count). The monoisotopic (exact) mass is 453 g/mol. The normalized spacial score (nSPS) is 19.2. The van der Waals surface area contributed by atoms with Crippen molar-refractivity contribution in [1.82, 2.24) is 19.6 Å². The molecule has 3 heterocycles. The Labute approximate surface area is 192 Å². The second kappa shape index (κ2) is 8.78. The number of aromatic nitrogens is 2. The molecule has 0 saturated carbocycles. The van der Waals surface area contributed by atoms with E-state index in [2.05, 4.69) is 17.0 Å². The third kappa shape index (κ3) is 4.13. The summed E-state index contributed by atoms with van der Waals surface area (Å²) in [6.07, 6.45) is -0.0316. The number of hydrogen-bond donors (Lipinski definition) is 1. The Balaban J connectivity index is 1.63. The first kappa shape index (κ1) is 22.7. The van der Waals surface area contributed by atoms with Gasteiger partial charge in [-0.15, -0.1) is 9.78 Å². The van der Waals surface area contributed by atoms with Crippen molar-refractivity contribution in [1.29, 1.82) is 0 Å². The van der Waals surface area contributed by atoms with Gasteiger partial charge in [-0.3, -0.25) is 14.6 Å². The lowest BCUT2D eigenvalue weighted by Gasteiger charge is -2.32. The molecule has 2 unspecified atom stereocenters. The minimum atomic E-state index is -0.919. The van der Waals surface area contributed by atoms with Gasteiger partial charge in [-0.05, 0) is 44.0 Å². The largest absolute Gasteiger partial charge is 0.491 e. The molecule has 10 nitrogen and oxygen atoms in total. The van der Waals surface area contributed by atoms with Crippen LogP contribution < -0.4 is 4.74 Å². The number of likely N-dealkylation sites (N-methyl/N-ethyl adjacent to an activating group) is 2. The molecule has 2 aliphatic heterocycles. The van der Waals surface area contributed by atoms with Crippen molar-refractivity contribution in [3.63, 3.8) is 0 Å². The number of nitrogens with zero attached hydrogens (tertiary/aromatic N) is 6. The molecule has 1 fully saturated rings. The van der Waals surface area contributed by atoms with Gasteiger partial charge >= 0.3 is 12.0 Å². The quantitative estimate of drug-likeness (QED) is 0.658. The standard InChI is InChI=1S/C23H29N6O4/c1-6-16-8-7-9-18(11-16)33-13-17(30)12-28-19-20(26(4)23(32)27(5)21(19)31)24-22(28)29-15(3)10-14(2)25-29/h7-11,17,19,30H,6,12-13H2,1-5H3/q+1. The summed E-state index contributed by atoms with van der Waals surface area (Å²) in [6.45, 7) is 5.92. The van der Waals surface area contributed by atoms with Gasteiger partial charge in [0.1, 0.15) is 24.2 Å². The maximum atomic E-state index is 13.1. The molecule has 2 aromatic rings. The highest BCUT2D eigenvalue weighted by Gasteiger charge is 2.52. The van der Waals surface area contributed by atoms with Gasteiger partial charge < -0.3 is 9.84 Å². The first-order valence-corrected chi connectivity index (χ1v) is 10.9. The van der Waals surface area contributed by atoms with Crippen LogP contribution in [0.4, 0.5) is 4.79 Å². The van der Waals surface area contributed by atoms with Crippen LogP contribution in [0, 0.1) is 13.8 Å². The SMILES string of the molecule is CCc1cccc(OCC(O)C[N+]2=C(n3nc(C)cc3C)N=C3C2C(=O)N(C)C(=O)N3C)c1. The number of aliphatic imine (C=N–C) groups is 1. The lowest BCUT2D eigenvalue weighted by Crippen LogP contribution is -2.62. The molecule has 2 atom stereocenters. The van der Waals surface area contributed by atoms with Crippen LogP contribution in [0.15, 0.2) is 35.3 Å². The molecule has 2 aliphatic rings. The molecule has 1 aromatic heterocycles. The van der Waals surface area contributed by atoms with Gasteiger partial charge in [-0.25, -0.2) is 9.37 Å². The second-order valence-corrected chi connectivity index (χ2v) is 8.37. The Morgan fingerprint density at radius 3 is 2.61 bits per heavy atom. The number of amides is 3. The van der Waals surface area contributed by atoms with Crippen molar-refractivity contribution >= 4 is 23.7 Å². The highest BCUT2D eigenvalue weighted by atomic mass is 16.5. The Hall–Kier alpha value is -3.53. The number of aliphatic hydroxyl groups excluding tert-OH is 1. The van der Waals surface area contributed by atoms with Crippen LogP contribution in [-0.2, 0) is 11.2 Å². The fourth-order valence-electron chi connectivity index (χ4n) is 4.10. The van der Waals surface area contributed by atoms with E-state index in [9.17, 15) is 14.7 Å². The number of benzene rings is 1. The Bertz CT molecular complexity index is 1170. The molecule has 3 amide bonds. The van der Waals surface area contributed by atoms with E-state index in [0.29, 0.717) is 17.5 Å². The molecular formula is C23H29N6O4+. The van der Waals surface area contributed by atoms with Crippen molar-refractivity contribution in [3.05, 3.63) is 47.3 Å². The van der Waals surface area contributed by atoms with Gasteiger partial charge in [0.05, 0.1) is 12.2 Å². The molecular weight excluding hydrogens is 424 g/mol. The maximum Gasteiger partial charge on any atom is 0.421 e. The summed E-state index contributed by atoms with van der Waals surface area (Å²) in [5, 5.41) is 15.3. The summed E-state index contributed by atoms with van der Waals surface area (Å²) in [5.74, 6) is 0.968. The fraction of sp³-hybridized carbons (Fsp3) is 0.435. The van der Waals surface area contributed by atoms with Crippen molar-refractivity contribution in [2.75, 3.05) is 27.2 Å². The predicted octanol–water partition coefficient (Wildman–Crippen LogP) is 1.02. The lowest BCUT2D eigenvalue weighted by atomic mass is 10.1. The molecule has 174 valence electrons. The summed E-state index contributed by atoms with van der Waals surface area (Å²) in [4.78, 5) is 32.6. The van der Waals surface area contributed by atoms with E-state index in [1.54, 1.807) is 16.3 Å². The van der Waals surface area contributed by atoms with Gasteiger partial charge in [0.2, 0.25) is 11.9 Å². The van der Waals surface area contributed by atoms with Gasteiger partial charge in [0, 0.05) is 14.1 Å². The minimum Gasteiger partial charge on any atom is -0.491 e. The van der Waals surface area contributed by atoms with Gasteiger partial charge in [-0.1, -0.05) is 24.0 Å². The van der Waals surface area contributed by atoms with Crippen LogP contribution in [0.25, 0.3) is 0 Å². The number of carbonyl (C=O) groups is 2. The zero-order valence-electron chi connectivity index (χ0n) is 19.5. The summed E-state index contributed by atoms with van der Waals surface area (Å²) in [6, 6.07) is 8.33. The average molecular weight is 454 g/mol. The third-order valence-electron chi connectivity index (χ3n) is 5.87. The number of fused-ring (bicyclic) bond motifs is 1. The first-order chi connectivity index (χ1) is 15.7. The lowest BCUT2D eigenvalue weighted by molar-refractivity contribution is -0.546. The Kier molecular flexibility index (Phi) is 6.03. The second-order valence-electron chi connectivity index (χ2n) is 8.37. The maximum absolute atomic E-state index is 13.1. The number of imide groups is 1. The number of carbonyl (C=O) groups excluding carboxylic acids is 2. The number of hydrogen-bond acceptors (Lipinski definition) is 6. The highest BCUT2D eigenvalue weighted by Crippen LogP contribution is 2.21. The van der Waals surface area contributed by atoms with E-state index in [-0.39, 0.29) is 13.2 Å². The molecule has 0 radical (unpaired) electrons. The number of aliphatic hydroxyl groups is 1. The van der Waals surface area contributed by atoms with Crippen LogP contribution in [0.2, 0.25) is 0 Å². The number of urea groups is 1. The van der Waals surface area contributed by atoms with Crippen molar-refractivity contribution in [3.8, 4) is 5.75 Å². The smallest absolute Gasteiger partial charge is 0.421 e. The van der Waals surface area contributed by atoms with E-state index in [0.717, 1.165) is 28.3 Å². The van der Waals surface area contributed by atoms with Crippen molar-refractivity contribution in [2.24, 2.45) is 4.99 Å². The minimum absolute atomic E-state index is 0.0366. The molecule has 1 aromatic carbocycles. The topological polar surface area (TPSA) is 103 Å². The van der Waals surface area contributed by atoms with E-state index >= 15 is 0 Å². The summed E-state index contributed by atoms with van der Waals surface area (Å²) in [5.41, 5.74) is 2.76. The number of aryl methyl sites for hydroxylation is 3. The fourth-order valence-corrected chi connectivity index (χ4v) is 4.10. The summed E-state index contributed by atoms with van der Waals surface area (Å²) < 4.78 is 9.12. The van der Waals surface area contributed by atoms with E-state index in [4.69, 9.17) is 4.74 Å². The third-order valence-corrected chi connectivity index (χ3v) is 5.87. The van der Waals surface area contributed by atoms with Crippen molar-refractivity contribution < 1.29 is 24.0 Å².